The molecule has 9 nitrogen and oxygen atoms in total. The van der Waals surface area contributed by atoms with E-state index in [4.69, 9.17) is 14.3 Å². The Kier molecular flexibility index (Phi) is 5.41. The van der Waals surface area contributed by atoms with Crippen LogP contribution in [0.15, 0.2) is 27.9 Å². The number of ether oxygens (including phenoxy) is 1. The number of carboxylic acids is 1. The van der Waals surface area contributed by atoms with Crippen LogP contribution in [-0.2, 0) is 14.6 Å². The highest BCUT2D eigenvalue weighted by Crippen LogP contribution is 2.33. The summed E-state index contributed by atoms with van der Waals surface area (Å²) in [5.41, 5.74) is 3.05. The van der Waals surface area contributed by atoms with Gasteiger partial charge in [0, 0.05) is 10.8 Å². The van der Waals surface area contributed by atoms with Crippen molar-refractivity contribution in [1.82, 2.24) is 15.0 Å². The van der Waals surface area contributed by atoms with Crippen LogP contribution in [-0.4, -0.2) is 57.8 Å². The molecule has 0 spiro atoms. The Labute approximate surface area is 176 Å². The predicted octanol–water partition coefficient (Wildman–Crippen LogP) is 2.64. The van der Waals surface area contributed by atoms with Crippen LogP contribution >= 0.6 is 11.8 Å². The van der Waals surface area contributed by atoms with Gasteiger partial charge in [0.15, 0.2) is 21.6 Å². The molecule has 1 saturated heterocycles. The van der Waals surface area contributed by atoms with Crippen molar-refractivity contribution in [2.75, 3.05) is 18.1 Å². The highest BCUT2D eigenvalue weighted by Gasteiger charge is 2.29. The van der Waals surface area contributed by atoms with Crippen LogP contribution in [0.25, 0.3) is 22.7 Å². The van der Waals surface area contributed by atoms with Gasteiger partial charge in [-0.3, -0.25) is 0 Å². The van der Waals surface area contributed by atoms with Gasteiger partial charge in [-0.25, -0.2) is 23.2 Å². The lowest BCUT2D eigenvalue weighted by molar-refractivity contribution is -0.139. The van der Waals surface area contributed by atoms with Gasteiger partial charge in [-0.15, -0.1) is 0 Å². The number of fused-ring (bicyclic) bond motifs is 1. The Morgan fingerprint density at radius 3 is 2.67 bits per heavy atom. The number of benzene rings is 1. The average Bonchev–Trinajstić information content (AvgIpc) is 3.23. The van der Waals surface area contributed by atoms with Crippen molar-refractivity contribution in [3.05, 3.63) is 29.5 Å². The van der Waals surface area contributed by atoms with Crippen LogP contribution in [0.1, 0.15) is 17.5 Å². The number of aryl methyl sites for hydroxylation is 2. The molecule has 0 saturated carbocycles. The fraction of sp³-hybridized carbons (Fsp3) is 0.368. The second-order valence-electron chi connectivity index (χ2n) is 7.13. The van der Waals surface area contributed by atoms with E-state index < -0.39 is 22.4 Å². The van der Waals surface area contributed by atoms with E-state index in [1.165, 1.54) is 11.8 Å². The molecule has 3 aromatic rings. The molecule has 0 aliphatic carbocycles. The summed E-state index contributed by atoms with van der Waals surface area (Å²) >= 11 is 1.33. The molecule has 1 atom stereocenters. The fourth-order valence-corrected chi connectivity index (χ4v) is 6.71. The number of carboxylic acid groups (broad SMARTS) is 1. The van der Waals surface area contributed by atoms with Crippen LogP contribution in [0.3, 0.4) is 0 Å². The van der Waals surface area contributed by atoms with E-state index in [0.717, 1.165) is 11.1 Å². The zero-order valence-corrected chi connectivity index (χ0v) is 17.9. The molecule has 30 heavy (non-hydrogen) atoms. The van der Waals surface area contributed by atoms with E-state index in [-0.39, 0.29) is 16.8 Å². The number of hydrogen-bond acceptors (Lipinski definition) is 9. The largest absolute Gasteiger partial charge is 0.481 e. The molecular formula is C19H19N3O6S2. The second-order valence-corrected chi connectivity index (χ2v) is 10.6. The van der Waals surface area contributed by atoms with Gasteiger partial charge in [-0.2, -0.15) is 4.98 Å². The minimum Gasteiger partial charge on any atom is -0.481 e. The molecule has 0 amide bonds. The van der Waals surface area contributed by atoms with Crippen LogP contribution in [0, 0.1) is 13.8 Å². The van der Waals surface area contributed by atoms with E-state index in [1.807, 2.05) is 13.8 Å². The topological polar surface area (TPSA) is 132 Å². The van der Waals surface area contributed by atoms with Crippen molar-refractivity contribution < 1.29 is 27.5 Å². The van der Waals surface area contributed by atoms with E-state index in [0.29, 0.717) is 40.0 Å². The summed E-state index contributed by atoms with van der Waals surface area (Å²) in [5, 5.41) is 9.21. The SMILES string of the molecule is Cc1cc(-c2nc3cnc(SC4CCS(=O)(=O)C4)nc3o2)cc(C)c1OCC(=O)O. The maximum absolute atomic E-state index is 11.6. The molecule has 0 bridgehead atoms. The quantitative estimate of drug-likeness (QED) is 0.560. The lowest BCUT2D eigenvalue weighted by Crippen LogP contribution is -2.10. The van der Waals surface area contributed by atoms with Crippen molar-refractivity contribution in [2.24, 2.45) is 0 Å². The standard InChI is InChI=1S/C19H19N3O6S2/c1-10-5-12(6-11(2)16(10)27-8-15(23)24)17-21-14-7-20-19(22-18(14)28-17)29-13-3-4-30(25,26)9-13/h5-7,13H,3-4,8-9H2,1-2H3,(H,23,24). The molecule has 1 aliphatic heterocycles. The van der Waals surface area contributed by atoms with Gasteiger partial charge < -0.3 is 14.3 Å². The normalized spacial score (nSPS) is 18.0. The molecular weight excluding hydrogens is 430 g/mol. The summed E-state index contributed by atoms with van der Waals surface area (Å²) < 4.78 is 34.4. The molecule has 158 valence electrons. The molecule has 1 fully saturated rings. The summed E-state index contributed by atoms with van der Waals surface area (Å²) in [5.74, 6) is 0.169. The first-order valence-electron chi connectivity index (χ1n) is 9.17. The Bertz CT molecular complexity index is 1220. The van der Waals surface area contributed by atoms with Crippen molar-refractivity contribution in [2.45, 2.75) is 30.7 Å². The number of aliphatic carboxylic acids is 1. The van der Waals surface area contributed by atoms with Crippen LogP contribution in [0.4, 0.5) is 0 Å². The molecule has 2 aromatic heterocycles. The summed E-state index contributed by atoms with van der Waals surface area (Å²) in [7, 11) is -2.97. The van der Waals surface area contributed by atoms with E-state index in [1.54, 1.807) is 18.3 Å². The van der Waals surface area contributed by atoms with Gasteiger partial charge in [0.05, 0.1) is 17.7 Å². The summed E-state index contributed by atoms with van der Waals surface area (Å²) in [6.45, 7) is 3.23. The number of thioether (sulfide) groups is 1. The Morgan fingerprint density at radius 1 is 1.30 bits per heavy atom. The van der Waals surface area contributed by atoms with Crippen molar-refractivity contribution in [1.29, 1.82) is 0 Å². The molecule has 4 rings (SSSR count). The van der Waals surface area contributed by atoms with E-state index in [9.17, 15) is 13.2 Å². The van der Waals surface area contributed by atoms with Gasteiger partial charge in [-0.1, -0.05) is 11.8 Å². The first-order chi connectivity index (χ1) is 14.2. The molecule has 0 radical (unpaired) electrons. The zero-order valence-electron chi connectivity index (χ0n) is 16.3. The van der Waals surface area contributed by atoms with Gasteiger partial charge in [-0.05, 0) is 43.5 Å². The summed E-state index contributed by atoms with van der Waals surface area (Å²) in [4.78, 5) is 23.8. The molecule has 1 N–H and O–H groups in total. The molecule has 11 heteroatoms. The van der Waals surface area contributed by atoms with Gasteiger partial charge in [0.25, 0.3) is 5.71 Å². The van der Waals surface area contributed by atoms with Crippen molar-refractivity contribution in [3.63, 3.8) is 0 Å². The molecule has 1 aliphatic rings. The lowest BCUT2D eigenvalue weighted by Gasteiger charge is -2.11. The minimum atomic E-state index is -2.97. The molecule has 1 aromatic carbocycles. The number of aromatic nitrogens is 3. The average molecular weight is 450 g/mol. The van der Waals surface area contributed by atoms with E-state index in [2.05, 4.69) is 15.0 Å². The third-order valence-corrected chi connectivity index (χ3v) is 7.76. The molecule has 1 unspecified atom stereocenters. The Balaban J connectivity index is 1.58. The predicted molar refractivity (Wildman–Crippen MR) is 111 cm³/mol. The lowest BCUT2D eigenvalue weighted by atomic mass is 10.1. The number of nitrogens with zero attached hydrogens (tertiary/aromatic N) is 3. The van der Waals surface area contributed by atoms with Crippen molar-refractivity contribution in [3.8, 4) is 17.2 Å². The highest BCUT2D eigenvalue weighted by molar-refractivity contribution is 8.01. The maximum Gasteiger partial charge on any atom is 0.341 e. The third kappa shape index (κ3) is 4.41. The Hall–Kier alpha value is -2.66. The number of oxazole rings is 1. The minimum absolute atomic E-state index is 0.0570. The number of hydrogen-bond donors (Lipinski definition) is 1. The summed E-state index contributed by atoms with van der Waals surface area (Å²) in [6, 6.07) is 3.61. The fourth-order valence-electron chi connectivity index (χ4n) is 3.34. The van der Waals surface area contributed by atoms with Crippen LogP contribution < -0.4 is 4.74 Å². The number of rotatable bonds is 6. The Morgan fingerprint density at radius 2 is 2.03 bits per heavy atom. The van der Waals surface area contributed by atoms with Gasteiger partial charge in [0.2, 0.25) is 5.89 Å². The summed E-state index contributed by atoms with van der Waals surface area (Å²) in [6.07, 6.45) is 2.15. The maximum atomic E-state index is 11.6. The van der Waals surface area contributed by atoms with Crippen LogP contribution in [0.5, 0.6) is 5.75 Å². The number of carbonyl (C=O) groups is 1. The monoisotopic (exact) mass is 449 g/mol. The van der Waals surface area contributed by atoms with Crippen molar-refractivity contribution >= 4 is 38.8 Å². The highest BCUT2D eigenvalue weighted by atomic mass is 32.2. The van der Waals surface area contributed by atoms with Gasteiger partial charge >= 0.3 is 5.97 Å². The second kappa shape index (κ2) is 7.88. The third-order valence-electron chi connectivity index (χ3n) is 4.64. The van der Waals surface area contributed by atoms with Crippen LogP contribution in [0.2, 0.25) is 0 Å². The molecule has 3 heterocycles. The number of sulfone groups is 1. The van der Waals surface area contributed by atoms with E-state index >= 15 is 0 Å². The van der Waals surface area contributed by atoms with Gasteiger partial charge in [0.1, 0.15) is 11.3 Å². The zero-order chi connectivity index (χ0) is 21.5. The first kappa shape index (κ1) is 20.6. The smallest absolute Gasteiger partial charge is 0.341 e. The first-order valence-corrected chi connectivity index (χ1v) is 11.9.